The van der Waals surface area contributed by atoms with Crippen LogP contribution < -0.4 is 0 Å². The number of aliphatic hydroxyl groups is 3. The van der Waals surface area contributed by atoms with Crippen LogP contribution in [0.1, 0.15) is 18.9 Å². The third-order valence-corrected chi connectivity index (χ3v) is 4.67. The van der Waals surface area contributed by atoms with Gasteiger partial charge in [-0.25, -0.2) is 4.79 Å². The maximum Gasteiger partial charge on any atom is 0.331 e. The largest absolute Gasteiger partial charge is 0.472 e. The molecule has 1 fully saturated rings. The van der Waals surface area contributed by atoms with E-state index >= 15 is 0 Å². The Bertz CT molecular complexity index is 669. The summed E-state index contributed by atoms with van der Waals surface area (Å²) in [6, 6.07) is 9.25. The maximum atomic E-state index is 12.2. The first kappa shape index (κ1) is 16.7. The molecule has 3 N–H and O–H groups in total. The summed E-state index contributed by atoms with van der Waals surface area (Å²) in [7, 11) is 0. The molecule has 0 aromatic heterocycles. The highest BCUT2D eigenvalue weighted by atomic mass is 16.6. The van der Waals surface area contributed by atoms with Crippen molar-refractivity contribution < 1.29 is 29.6 Å². The van der Waals surface area contributed by atoms with Gasteiger partial charge in [0.05, 0.1) is 18.3 Å². The van der Waals surface area contributed by atoms with Crippen molar-refractivity contribution >= 4 is 12.0 Å². The highest BCUT2D eigenvalue weighted by Crippen LogP contribution is 2.50. The van der Waals surface area contributed by atoms with Crippen LogP contribution in [0.2, 0.25) is 0 Å². The molecule has 128 valence electrons. The minimum absolute atomic E-state index is 0.0101. The molecule has 0 amide bonds. The van der Waals surface area contributed by atoms with Crippen LogP contribution in [-0.4, -0.2) is 44.9 Å². The fourth-order valence-corrected chi connectivity index (χ4v) is 3.52. The van der Waals surface area contributed by atoms with Gasteiger partial charge in [-0.15, -0.1) is 0 Å². The van der Waals surface area contributed by atoms with Crippen LogP contribution in [0.5, 0.6) is 0 Å². The predicted octanol–water partition coefficient (Wildman–Crippen LogP) is 0.976. The summed E-state index contributed by atoms with van der Waals surface area (Å²) >= 11 is 0. The van der Waals surface area contributed by atoms with Crippen LogP contribution >= 0.6 is 0 Å². The van der Waals surface area contributed by atoms with Crippen molar-refractivity contribution in [3.63, 3.8) is 0 Å². The van der Waals surface area contributed by atoms with Gasteiger partial charge in [-0.05, 0) is 24.6 Å². The number of benzene rings is 1. The molecule has 3 rings (SSSR count). The minimum atomic E-state index is -1.70. The number of esters is 1. The highest BCUT2D eigenvalue weighted by molar-refractivity contribution is 5.87. The summed E-state index contributed by atoms with van der Waals surface area (Å²) in [4.78, 5) is 12.2. The van der Waals surface area contributed by atoms with Crippen molar-refractivity contribution in [3.05, 3.63) is 54.3 Å². The van der Waals surface area contributed by atoms with Crippen molar-refractivity contribution in [3.8, 4) is 0 Å². The van der Waals surface area contributed by atoms with E-state index in [9.17, 15) is 20.1 Å². The van der Waals surface area contributed by atoms with Gasteiger partial charge in [0.2, 0.25) is 6.29 Å². The van der Waals surface area contributed by atoms with E-state index in [1.165, 1.54) is 12.2 Å². The first-order chi connectivity index (χ1) is 11.3. The van der Waals surface area contributed by atoms with E-state index in [1.54, 1.807) is 13.0 Å². The van der Waals surface area contributed by atoms with E-state index in [0.717, 1.165) is 11.8 Å². The van der Waals surface area contributed by atoms with Gasteiger partial charge < -0.3 is 24.8 Å². The number of fused-ring (bicyclic) bond motifs is 1. The second-order valence-electron chi connectivity index (χ2n) is 6.39. The van der Waals surface area contributed by atoms with Gasteiger partial charge in [-0.3, -0.25) is 0 Å². The molecule has 1 heterocycles. The molecular formula is C18H20O6. The van der Waals surface area contributed by atoms with Crippen molar-refractivity contribution in [2.24, 2.45) is 5.92 Å². The number of rotatable bonds is 3. The monoisotopic (exact) mass is 332 g/mol. The normalized spacial score (nSPS) is 37.9. The number of carbonyl (C=O) groups is 1. The number of hydrogen-bond donors (Lipinski definition) is 3. The lowest BCUT2D eigenvalue weighted by atomic mass is 9.81. The molecule has 1 aromatic rings. The zero-order chi connectivity index (χ0) is 17.4. The smallest absolute Gasteiger partial charge is 0.331 e. The van der Waals surface area contributed by atoms with Crippen molar-refractivity contribution in [1.29, 1.82) is 0 Å². The standard InChI is InChI=1S/C18H20O6/c1-17(24-14(20)8-7-12-5-3-2-4-6-12)11-13(19)18(22)9-10-23-16(21)15(17)18/h2-10,13,15-16,19,21-22H,11H2,1H3/b8-7+/t13-,15-,16-,17+,18-/m1/s1. The summed E-state index contributed by atoms with van der Waals surface area (Å²) in [5, 5.41) is 30.9. The van der Waals surface area contributed by atoms with Crippen LogP contribution in [-0.2, 0) is 14.3 Å². The zero-order valence-corrected chi connectivity index (χ0v) is 13.2. The number of ether oxygens (including phenoxy) is 2. The van der Waals surface area contributed by atoms with E-state index in [1.807, 2.05) is 30.3 Å². The lowest BCUT2D eigenvalue weighted by Crippen LogP contribution is -2.54. The summed E-state index contributed by atoms with van der Waals surface area (Å²) < 4.78 is 10.5. The van der Waals surface area contributed by atoms with E-state index in [-0.39, 0.29) is 6.42 Å². The van der Waals surface area contributed by atoms with Gasteiger partial charge in [0.25, 0.3) is 0 Å². The van der Waals surface area contributed by atoms with E-state index < -0.39 is 35.5 Å². The third-order valence-electron chi connectivity index (χ3n) is 4.67. The minimum Gasteiger partial charge on any atom is -0.472 e. The summed E-state index contributed by atoms with van der Waals surface area (Å²) in [6.07, 6.45) is 2.75. The van der Waals surface area contributed by atoms with Crippen molar-refractivity contribution in [1.82, 2.24) is 0 Å². The summed E-state index contributed by atoms with van der Waals surface area (Å²) in [5.74, 6) is -1.61. The van der Waals surface area contributed by atoms with Crippen LogP contribution in [0.3, 0.4) is 0 Å². The van der Waals surface area contributed by atoms with Gasteiger partial charge in [0, 0.05) is 12.5 Å². The summed E-state index contributed by atoms with van der Waals surface area (Å²) in [6.45, 7) is 1.57. The average molecular weight is 332 g/mol. The van der Waals surface area contributed by atoms with Crippen molar-refractivity contribution in [2.45, 2.75) is 36.9 Å². The van der Waals surface area contributed by atoms with Crippen LogP contribution in [0.25, 0.3) is 6.08 Å². The fourth-order valence-electron chi connectivity index (χ4n) is 3.52. The van der Waals surface area contributed by atoms with Crippen molar-refractivity contribution in [2.75, 3.05) is 0 Å². The van der Waals surface area contributed by atoms with Gasteiger partial charge in [0.1, 0.15) is 11.2 Å². The Kier molecular flexibility index (Phi) is 4.21. The number of hydrogen-bond acceptors (Lipinski definition) is 6. The second-order valence-corrected chi connectivity index (χ2v) is 6.39. The quantitative estimate of drug-likeness (QED) is 0.564. The second kappa shape index (κ2) is 6.05. The Balaban J connectivity index is 1.77. The molecule has 0 saturated heterocycles. The topological polar surface area (TPSA) is 96.2 Å². The molecule has 1 aromatic carbocycles. The first-order valence-corrected chi connectivity index (χ1v) is 7.73. The predicted molar refractivity (Wildman–Crippen MR) is 85.3 cm³/mol. The van der Waals surface area contributed by atoms with Gasteiger partial charge in [-0.1, -0.05) is 30.3 Å². The Morgan fingerprint density at radius 3 is 2.75 bits per heavy atom. The van der Waals surface area contributed by atoms with Crippen LogP contribution in [0.15, 0.2) is 48.7 Å². The van der Waals surface area contributed by atoms with Crippen LogP contribution in [0.4, 0.5) is 0 Å². The molecule has 1 saturated carbocycles. The molecule has 0 unspecified atom stereocenters. The lowest BCUT2D eigenvalue weighted by Gasteiger charge is -2.40. The SMILES string of the molecule is C[C@]1(OC(=O)/C=C/c2ccccc2)C[C@@H](O)[C@]2(O)C=CO[C@@H](O)[C@@H]21. The van der Waals surface area contributed by atoms with Gasteiger partial charge in [0.15, 0.2) is 0 Å². The molecule has 5 atom stereocenters. The Morgan fingerprint density at radius 2 is 2.04 bits per heavy atom. The first-order valence-electron chi connectivity index (χ1n) is 7.73. The average Bonchev–Trinajstić information content (AvgIpc) is 2.73. The maximum absolute atomic E-state index is 12.2. The van der Waals surface area contributed by atoms with E-state index in [2.05, 4.69) is 0 Å². The molecular weight excluding hydrogens is 312 g/mol. The molecule has 24 heavy (non-hydrogen) atoms. The van der Waals surface area contributed by atoms with Gasteiger partial charge in [-0.2, -0.15) is 0 Å². The fraction of sp³-hybridized carbons (Fsp3) is 0.389. The zero-order valence-electron chi connectivity index (χ0n) is 13.2. The molecule has 2 aliphatic rings. The molecule has 6 heteroatoms. The van der Waals surface area contributed by atoms with Gasteiger partial charge >= 0.3 is 5.97 Å². The third kappa shape index (κ3) is 2.84. The van der Waals surface area contributed by atoms with Crippen LogP contribution in [0, 0.1) is 5.92 Å². The lowest BCUT2D eigenvalue weighted by molar-refractivity contribution is -0.211. The molecule has 1 aliphatic carbocycles. The molecule has 0 radical (unpaired) electrons. The van der Waals surface area contributed by atoms with E-state index in [4.69, 9.17) is 9.47 Å². The Hall–Kier alpha value is -2.15. The number of aliphatic hydroxyl groups excluding tert-OH is 2. The molecule has 1 aliphatic heterocycles. The molecule has 0 spiro atoms. The number of carbonyl (C=O) groups excluding carboxylic acids is 1. The van der Waals surface area contributed by atoms with E-state index in [0.29, 0.717) is 0 Å². The summed E-state index contributed by atoms with van der Waals surface area (Å²) in [5.41, 5.74) is -2.13. The Labute approximate surface area is 139 Å². The molecule has 0 bridgehead atoms. The molecule has 6 nitrogen and oxygen atoms in total. The highest BCUT2D eigenvalue weighted by Gasteiger charge is 2.65. The Morgan fingerprint density at radius 1 is 1.33 bits per heavy atom.